The molecule has 7 nitrogen and oxygen atoms in total. The second-order valence-electron chi connectivity index (χ2n) is 15.7. The lowest BCUT2D eigenvalue weighted by Crippen LogP contribution is -2.51. The number of imide groups is 1. The highest BCUT2D eigenvalue weighted by Gasteiger charge is 2.53. The Balaban J connectivity index is 1.07. The molecular formula is C51H50F2N4O3. The maximum absolute atomic E-state index is 15.1. The van der Waals surface area contributed by atoms with E-state index < -0.39 is 35.3 Å². The third-order valence-corrected chi connectivity index (χ3v) is 12.2. The Morgan fingerprint density at radius 1 is 0.700 bits per heavy atom. The number of benzene rings is 6. The van der Waals surface area contributed by atoms with Crippen molar-refractivity contribution in [2.24, 2.45) is 0 Å². The van der Waals surface area contributed by atoms with E-state index in [1.807, 2.05) is 91.0 Å². The van der Waals surface area contributed by atoms with E-state index in [2.05, 4.69) is 64.8 Å². The van der Waals surface area contributed by atoms with Gasteiger partial charge >= 0.3 is 12.1 Å². The first-order valence-corrected chi connectivity index (χ1v) is 20.8. The number of nitrogens with one attached hydrogen (secondary N) is 1. The number of nitrogens with zero attached hydrogens (tertiary/aromatic N) is 3. The number of hydrogen-bond acceptors (Lipinski definition) is 4. The molecule has 0 saturated carbocycles. The first kappa shape index (κ1) is 40.6. The van der Waals surface area contributed by atoms with Gasteiger partial charge in [-0.2, -0.15) is 0 Å². The molecule has 0 aromatic heterocycles. The van der Waals surface area contributed by atoms with Gasteiger partial charge in [0.25, 0.3) is 0 Å². The molecule has 6 aromatic rings. The number of carbonyl (C=O) groups excluding carboxylic acids is 2. The van der Waals surface area contributed by atoms with Crippen LogP contribution in [0.2, 0.25) is 0 Å². The summed E-state index contributed by atoms with van der Waals surface area (Å²) in [6, 6.07) is 50.3. The number of methoxy groups -OCH3 is 1. The van der Waals surface area contributed by atoms with Crippen molar-refractivity contribution in [1.29, 1.82) is 0 Å². The summed E-state index contributed by atoms with van der Waals surface area (Å²) in [4.78, 5) is 35.0. The maximum atomic E-state index is 15.1. The Morgan fingerprint density at radius 3 is 1.83 bits per heavy atom. The zero-order valence-corrected chi connectivity index (χ0v) is 33.8. The van der Waals surface area contributed by atoms with Crippen LogP contribution in [0.5, 0.6) is 0 Å². The van der Waals surface area contributed by atoms with Gasteiger partial charge in [0, 0.05) is 32.8 Å². The molecule has 9 heteroatoms. The number of likely N-dealkylation sites (tertiary alicyclic amines) is 1. The van der Waals surface area contributed by atoms with Gasteiger partial charge in [-0.1, -0.05) is 152 Å². The molecule has 1 N–H and O–H groups in total. The average molecular weight is 805 g/mol. The zero-order chi connectivity index (χ0) is 41.5. The molecular weight excluding hydrogens is 755 g/mol. The minimum absolute atomic E-state index is 0.0250. The molecule has 3 unspecified atom stereocenters. The van der Waals surface area contributed by atoms with Crippen LogP contribution in [0.1, 0.15) is 76.2 Å². The van der Waals surface area contributed by atoms with Crippen LogP contribution in [0.3, 0.4) is 0 Å². The fraction of sp³-hybridized carbons (Fsp3) is 0.255. The van der Waals surface area contributed by atoms with E-state index in [-0.39, 0.29) is 12.6 Å². The summed E-state index contributed by atoms with van der Waals surface area (Å²) in [5, 5.41) is 3.05. The number of amides is 4. The highest BCUT2D eigenvalue weighted by molar-refractivity contribution is 5.97. The molecule has 6 aromatic carbocycles. The van der Waals surface area contributed by atoms with E-state index in [0.29, 0.717) is 31.1 Å². The summed E-state index contributed by atoms with van der Waals surface area (Å²) in [6.07, 6.45) is 2.64. The molecule has 3 atom stereocenters. The molecule has 2 aliphatic heterocycles. The van der Waals surface area contributed by atoms with E-state index in [0.717, 1.165) is 60.3 Å². The van der Waals surface area contributed by atoms with Crippen LogP contribution in [-0.4, -0.2) is 60.1 Å². The van der Waals surface area contributed by atoms with Gasteiger partial charge in [-0.3, -0.25) is 4.90 Å². The number of hydrogen-bond donors (Lipinski definition) is 1. The molecule has 0 radical (unpaired) electrons. The zero-order valence-electron chi connectivity index (χ0n) is 33.8. The minimum Gasteiger partial charge on any atom is -0.380 e. The SMILES string of the molecule is COCc1ccc(C2CC(c3ccccc3)CCN2CCCNC(=O)N2C(=O)N(C(c3ccccc3)(c3ccccc3)c3ccccc3)CC2c2ccc(F)c(F)c2)cc1. The minimum atomic E-state index is -1.17. The smallest absolute Gasteiger partial charge is 0.330 e. The van der Waals surface area contributed by atoms with Crippen LogP contribution >= 0.6 is 0 Å². The first-order chi connectivity index (χ1) is 29.4. The van der Waals surface area contributed by atoms with Crippen LogP contribution in [-0.2, 0) is 16.9 Å². The lowest BCUT2D eigenvalue weighted by Gasteiger charge is -2.43. The number of rotatable bonds is 13. The molecule has 0 spiro atoms. The normalized spacial score (nSPS) is 18.4. The van der Waals surface area contributed by atoms with Crippen molar-refractivity contribution < 1.29 is 23.1 Å². The predicted octanol–water partition coefficient (Wildman–Crippen LogP) is 10.6. The molecule has 0 bridgehead atoms. The second-order valence-corrected chi connectivity index (χ2v) is 15.7. The third kappa shape index (κ3) is 8.20. The highest BCUT2D eigenvalue weighted by Crippen LogP contribution is 2.47. The van der Waals surface area contributed by atoms with Crippen molar-refractivity contribution in [3.8, 4) is 0 Å². The molecule has 2 saturated heterocycles. The van der Waals surface area contributed by atoms with E-state index in [1.54, 1.807) is 12.0 Å². The summed E-state index contributed by atoms with van der Waals surface area (Å²) in [7, 11) is 1.70. The van der Waals surface area contributed by atoms with E-state index in [1.165, 1.54) is 22.1 Å². The summed E-state index contributed by atoms with van der Waals surface area (Å²) in [5.74, 6) is -1.61. The van der Waals surface area contributed by atoms with Crippen LogP contribution < -0.4 is 5.32 Å². The number of ether oxygens (including phenoxy) is 1. The number of carbonyl (C=O) groups is 2. The molecule has 8 rings (SSSR count). The Bertz CT molecular complexity index is 2250. The summed E-state index contributed by atoms with van der Waals surface area (Å²) in [6.45, 7) is 2.53. The van der Waals surface area contributed by atoms with Crippen molar-refractivity contribution in [2.45, 2.75) is 49.4 Å². The topological polar surface area (TPSA) is 65.1 Å². The van der Waals surface area contributed by atoms with Gasteiger partial charge in [0.05, 0.1) is 12.6 Å². The van der Waals surface area contributed by atoms with Gasteiger partial charge in [-0.05, 0) is 82.8 Å². The van der Waals surface area contributed by atoms with E-state index >= 15 is 4.79 Å². The fourth-order valence-corrected chi connectivity index (χ4v) is 9.31. The average Bonchev–Trinajstić information content (AvgIpc) is 3.65. The Labute approximate surface area is 351 Å². The van der Waals surface area contributed by atoms with Crippen LogP contribution in [0, 0.1) is 11.6 Å². The van der Waals surface area contributed by atoms with Gasteiger partial charge in [0.1, 0.15) is 5.54 Å². The predicted molar refractivity (Wildman–Crippen MR) is 230 cm³/mol. The first-order valence-electron chi connectivity index (χ1n) is 20.8. The molecule has 306 valence electrons. The van der Waals surface area contributed by atoms with E-state index in [9.17, 15) is 13.6 Å². The number of urea groups is 2. The van der Waals surface area contributed by atoms with Crippen molar-refractivity contribution in [2.75, 3.05) is 33.3 Å². The highest BCUT2D eigenvalue weighted by atomic mass is 19.2. The van der Waals surface area contributed by atoms with Crippen molar-refractivity contribution >= 4 is 12.1 Å². The maximum Gasteiger partial charge on any atom is 0.330 e. The molecule has 0 aliphatic carbocycles. The van der Waals surface area contributed by atoms with Crippen LogP contribution in [0.25, 0.3) is 0 Å². The Morgan fingerprint density at radius 2 is 1.27 bits per heavy atom. The largest absolute Gasteiger partial charge is 0.380 e. The monoisotopic (exact) mass is 804 g/mol. The van der Waals surface area contributed by atoms with Crippen molar-refractivity contribution in [1.82, 2.24) is 20.0 Å². The number of piperidine rings is 1. The van der Waals surface area contributed by atoms with Crippen LogP contribution in [0.4, 0.5) is 18.4 Å². The summed E-state index contributed by atoms with van der Waals surface area (Å²) >= 11 is 0. The lowest BCUT2D eigenvalue weighted by atomic mass is 9.75. The lowest BCUT2D eigenvalue weighted by molar-refractivity contribution is 0.132. The quantitative estimate of drug-likeness (QED) is 0.0933. The Hall–Kier alpha value is -6.16. The summed E-state index contributed by atoms with van der Waals surface area (Å²) < 4.78 is 34.6. The van der Waals surface area contributed by atoms with Gasteiger partial charge in [-0.15, -0.1) is 0 Å². The standard InChI is InChI=1S/C51H50F2N4O3/c1-60-36-37-23-25-39(26-24-37)47-34-40(38-15-6-2-7-16-38)29-32-55(47)31-14-30-54-49(58)57-48(41-27-28-45(52)46(53)33-41)35-56(50(57)59)51(42-17-8-3-9-18-42,43-19-10-4-11-20-43)44-21-12-5-13-22-44/h2-13,15-28,33,40,47-48H,14,29-32,34-36H2,1H3,(H,54,58). The van der Waals surface area contributed by atoms with E-state index in [4.69, 9.17) is 4.74 Å². The van der Waals surface area contributed by atoms with Gasteiger partial charge in [-0.25, -0.2) is 23.3 Å². The van der Waals surface area contributed by atoms with Gasteiger partial charge < -0.3 is 15.0 Å². The van der Waals surface area contributed by atoms with Crippen molar-refractivity contribution in [3.05, 3.63) is 214 Å². The van der Waals surface area contributed by atoms with Crippen LogP contribution in [0.15, 0.2) is 164 Å². The molecule has 2 fully saturated rings. The fourth-order valence-electron chi connectivity index (χ4n) is 9.31. The summed E-state index contributed by atoms with van der Waals surface area (Å²) in [5.41, 5.74) is 5.33. The third-order valence-electron chi connectivity index (χ3n) is 12.2. The molecule has 2 aliphatic rings. The van der Waals surface area contributed by atoms with Gasteiger partial charge in [0.2, 0.25) is 0 Å². The molecule has 60 heavy (non-hydrogen) atoms. The number of halogens is 2. The van der Waals surface area contributed by atoms with Crippen molar-refractivity contribution in [3.63, 3.8) is 0 Å². The van der Waals surface area contributed by atoms with Gasteiger partial charge in [0.15, 0.2) is 11.6 Å². The molecule has 2 heterocycles. The molecule has 4 amide bonds. The second kappa shape index (κ2) is 18.4. The Kier molecular flexibility index (Phi) is 12.5.